The van der Waals surface area contributed by atoms with Crippen molar-refractivity contribution in [2.45, 2.75) is 39.8 Å². The van der Waals surface area contributed by atoms with Crippen molar-refractivity contribution in [3.63, 3.8) is 0 Å². The number of fused-ring (bicyclic) bond motifs is 1. The lowest BCUT2D eigenvalue weighted by Crippen LogP contribution is -2.54. The predicted molar refractivity (Wildman–Crippen MR) is 107 cm³/mol. The number of aromatic nitrogens is 1. The molecule has 7 heteroatoms. The Kier molecular flexibility index (Phi) is 5.96. The number of hydrogen-bond acceptors (Lipinski definition) is 6. The maximum atomic E-state index is 13.1. The second kappa shape index (κ2) is 8.43. The molecule has 2 unspecified atom stereocenters. The molecule has 7 nitrogen and oxygen atoms in total. The normalized spacial score (nSPS) is 18.2. The zero-order valence-corrected chi connectivity index (χ0v) is 17.0. The number of hydrogen-bond donors (Lipinski definition) is 0. The fourth-order valence-electron chi connectivity index (χ4n) is 3.80. The Balaban J connectivity index is 2.04. The number of methoxy groups -OCH3 is 1. The van der Waals surface area contributed by atoms with E-state index in [0.717, 1.165) is 5.56 Å². The zero-order valence-electron chi connectivity index (χ0n) is 17.0. The highest BCUT2D eigenvalue weighted by atomic mass is 16.6. The van der Waals surface area contributed by atoms with E-state index in [-0.39, 0.29) is 18.0 Å². The second-order valence-corrected chi connectivity index (χ2v) is 7.00. The molecule has 29 heavy (non-hydrogen) atoms. The molecule has 2 atom stereocenters. The van der Waals surface area contributed by atoms with E-state index < -0.39 is 24.0 Å². The van der Waals surface area contributed by atoms with Gasteiger partial charge in [-0.2, -0.15) is 0 Å². The van der Waals surface area contributed by atoms with E-state index in [9.17, 15) is 14.4 Å². The van der Waals surface area contributed by atoms with Crippen LogP contribution in [0.25, 0.3) is 0 Å². The van der Waals surface area contributed by atoms with Crippen LogP contribution in [-0.4, -0.2) is 36.0 Å². The first-order valence-corrected chi connectivity index (χ1v) is 9.49. The maximum absolute atomic E-state index is 13.1. The Morgan fingerprint density at radius 2 is 1.86 bits per heavy atom. The smallest absolute Gasteiger partial charge is 0.414 e. The lowest BCUT2D eigenvalue weighted by molar-refractivity contribution is -0.144. The van der Waals surface area contributed by atoms with Crippen LogP contribution in [0.5, 0.6) is 0 Å². The van der Waals surface area contributed by atoms with Crippen LogP contribution in [0.4, 0.5) is 10.5 Å². The Bertz CT molecular complexity index is 942. The monoisotopic (exact) mass is 396 g/mol. The van der Waals surface area contributed by atoms with Crippen LogP contribution < -0.4 is 4.90 Å². The van der Waals surface area contributed by atoms with E-state index in [2.05, 4.69) is 4.98 Å². The van der Waals surface area contributed by atoms with Crippen molar-refractivity contribution in [2.75, 3.05) is 12.0 Å². The summed E-state index contributed by atoms with van der Waals surface area (Å²) in [6.45, 7) is 5.39. The molecule has 1 amide bonds. The summed E-state index contributed by atoms with van der Waals surface area (Å²) in [4.78, 5) is 44.5. The second-order valence-electron chi connectivity index (χ2n) is 7.00. The summed E-state index contributed by atoms with van der Waals surface area (Å²) in [7, 11) is 1.24. The maximum Gasteiger partial charge on any atom is 0.414 e. The number of aryl methyl sites for hydroxylation is 2. The van der Waals surface area contributed by atoms with Crippen LogP contribution in [0.3, 0.4) is 0 Å². The van der Waals surface area contributed by atoms with Crippen molar-refractivity contribution >= 4 is 23.5 Å². The molecule has 0 N–H and O–H groups in total. The number of pyridine rings is 1. The molecule has 0 fully saturated rings. The lowest BCUT2D eigenvalue weighted by atomic mass is 9.82. The number of ketones is 1. The number of anilines is 1. The summed E-state index contributed by atoms with van der Waals surface area (Å²) in [5, 5.41) is 0. The minimum absolute atomic E-state index is 0.0805. The summed E-state index contributed by atoms with van der Waals surface area (Å²) >= 11 is 0. The molecule has 0 saturated carbocycles. The average molecular weight is 396 g/mol. The van der Waals surface area contributed by atoms with Crippen LogP contribution in [0.2, 0.25) is 0 Å². The van der Waals surface area contributed by atoms with Gasteiger partial charge in [0, 0.05) is 11.3 Å². The van der Waals surface area contributed by atoms with Crippen molar-refractivity contribution < 1.29 is 23.9 Å². The Morgan fingerprint density at radius 1 is 1.17 bits per heavy atom. The zero-order chi connectivity index (χ0) is 21.1. The van der Waals surface area contributed by atoms with Crippen LogP contribution in [0.15, 0.2) is 36.4 Å². The molecule has 1 aliphatic heterocycles. The first kappa shape index (κ1) is 20.5. The fourth-order valence-corrected chi connectivity index (χ4v) is 3.80. The Morgan fingerprint density at radius 3 is 2.48 bits per heavy atom. The van der Waals surface area contributed by atoms with E-state index in [0.29, 0.717) is 23.5 Å². The number of benzene rings is 1. The topological polar surface area (TPSA) is 85.8 Å². The first-order valence-electron chi connectivity index (χ1n) is 9.49. The Hall–Kier alpha value is -3.22. The van der Waals surface area contributed by atoms with Gasteiger partial charge in [-0.1, -0.05) is 37.3 Å². The van der Waals surface area contributed by atoms with Gasteiger partial charge in [0.2, 0.25) is 0 Å². The lowest BCUT2D eigenvalue weighted by Gasteiger charge is -2.39. The van der Waals surface area contributed by atoms with Gasteiger partial charge in [-0.3, -0.25) is 19.5 Å². The predicted octanol–water partition coefficient (Wildman–Crippen LogP) is 3.61. The number of carbonyl (C=O) groups is 3. The minimum atomic E-state index is -1.11. The molecule has 1 aromatic heterocycles. The molecular formula is C22H24N2O5. The van der Waals surface area contributed by atoms with E-state index in [1.807, 2.05) is 37.3 Å². The van der Waals surface area contributed by atoms with Crippen molar-refractivity contribution in [2.24, 2.45) is 5.92 Å². The standard InChI is InChI=1S/C22H24N2O5/c1-5-17-18(21(26)28-4)20(25)16-11-13(2)23-14(3)19(16)24(17)22(27)29-12-15-9-7-6-8-10-15/h6-11,17-18H,5,12H2,1-4H3. The third-order valence-electron chi connectivity index (χ3n) is 5.08. The molecule has 0 radical (unpaired) electrons. The highest BCUT2D eigenvalue weighted by molar-refractivity contribution is 6.17. The molecule has 2 heterocycles. The Labute approximate surface area is 169 Å². The van der Waals surface area contributed by atoms with Gasteiger partial charge >= 0.3 is 12.1 Å². The van der Waals surface area contributed by atoms with Crippen molar-refractivity contribution in [1.29, 1.82) is 0 Å². The van der Waals surface area contributed by atoms with Gasteiger partial charge in [0.1, 0.15) is 12.5 Å². The van der Waals surface area contributed by atoms with Gasteiger partial charge in [-0.15, -0.1) is 0 Å². The summed E-state index contributed by atoms with van der Waals surface area (Å²) in [5.74, 6) is -2.14. The highest BCUT2D eigenvalue weighted by Crippen LogP contribution is 2.38. The van der Waals surface area contributed by atoms with Gasteiger partial charge < -0.3 is 9.47 Å². The largest absolute Gasteiger partial charge is 0.468 e. The summed E-state index contributed by atoms with van der Waals surface area (Å²) in [5.41, 5.74) is 2.68. The molecule has 2 aromatic rings. The van der Waals surface area contributed by atoms with E-state index >= 15 is 0 Å². The van der Waals surface area contributed by atoms with Crippen molar-refractivity contribution in [3.05, 3.63) is 58.9 Å². The summed E-state index contributed by atoms with van der Waals surface area (Å²) < 4.78 is 10.4. The number of amides is 1. The molecular weight excluding hydrogens is 372 g/mol. The molecule has 3 rings (SSSR count). The minimum Gasteiger partial charge on any atom is -0.468 e. The highest BCUT2D eigenvalue weighted by Gasteiger charge is 2.48. The van der Waals surface area contributed by atoms with Crippen LogP contribution >= 0.6 is 0 Å². The quantitative estimate of drug-likeness (QED) is 0.580. The third kappa shape index (κ3) is 3.85. The SMILES string of the molecule is CCC1C(C(=O)OC)C(=O)c2cc(C)nc(C)c2N1C(=O)OCc1ccccc1. The van der Waals surface area contributed by atoms with Gasteiger partial charge in [0.05, 0.1) is 24.5 Å². The number of carbonyl (C=O) groups excluding carboxylic acids is 3. The van der Waals surface area contributed by atoms with Gasteiger partial charge in [-0.25, -0.2) is 4.79 Å². The van der Waals surface area contributed by atoms with Crippen LogP contribution in [0.1, 0.15) is 40.7 Å². The number of ether oxygens (including phenoxy) is 2. The van der Waals surface area contributed by atoms with Gasteiger partial charge in [0.15, 0.2) is 5.78 Å². The number of esters is 1. The van der Waals surface area contributed by atoms with E-state index in [4.69, 9.17) is 9.47 Å². The van der Waals surface area contributed by atoms with Gasteiger partial charge in [-0.05, 0) is 31.9 Å². The molecule has 0 bridgehead atoms. The molecule has 1 aromatic carbocycles. The third-order valence-corrected chi connectivity index (χ3v) is 5.08. The molecule has 0 saturated heterocycles. The van der Waals surface area contributed by atoms with Gasteiger partial charge in [0.25, 0.3) is 0 Å². The summed E-state index contributed by atoms with van der Waals surface area (Å²) in [6, 6.07) is 10.2. The fraction of sp³-hybridized carbons (Fsp3) is 0.364. The molecule has 0 spiro atoms. The van der Waals surface area contributed by atoms with Crippen molar-refractivity contribution in [1.82, 2.24) is 4.98 Å². The molecule has 0 aliphatic carbocycles. The summed E-state index contributed by atoms with van der Waals surface area (Å²) in [6.07, 6.45) is -0.254. The first-order chi connectivity index (χ1) is 13.9. The number of nitrogens with zero attached hydrogens (tertiary/aromatic N) is 2. The van der Waals surface area contributed by atoms with E-state index in [1.165, 1.54) is 12.0 Å². The van der Waals surface area contributed by atoms with Crippen LogP contribution in [0, 0.1) is 19.8 Å². The molecule has 1 aliphatic rings. The van der Waals surface area contributed by atoms with Crippen molar-refractivity contribution in [3.8, 4) is 0 Å². The number of rotatable bonds is 4. The average Bonchev–Trinajstić information content (AvgIpc) is 2.72. The van der Waals surface area contributed by atoms with E-state index in [1.54, 1.807) is 19.9 Å². The molecule has 152 valence electrons. The number of Topliss-reactive ketones (excluding diaryl/α,β-unsaturated/α-hetero) is 1. The van der Waals surface area contributed by atoms with Crippen LogP contribution in [-0.2, 0) is 20.9 Å².